The van der Waals surface area contributed by atoms with E-state index >= 15 is 0 Å². The fourth-order valence-electron chi connectivity index (χ4n) is 3.86. The normalized spacial score (nSPS) is 15.9. The van der Waals surface area contributed by atoms with Gasteiger partial charge in [0.1, 0.15) is 12.6 Å². The zero-order chi connectivity index (χ0) is 25.1. The summed E-state index contributed by atoms with van der Waals surface area (Å²) < 4.78 is 16.1. The van der Waals surface area contributed by atoms with Gasteiger partial charge in [-0.25, -0.2) is 4.98 Å². The molecular weight excluding hydrogens is 452 g/mol. The highest BCUT2D eigenvalue weighted by atomic mass is 16.5. The van der Waals surface area contributed by atoms with Crippen LogP contribution in [0.4, 0.5) is 5.69 Å². The summed E-state index contributed by atoms with van der Waals surface area (Å²) in [5.41, 5.74) is 1.61. The molecule has 3 aromatic rings. The predicted octanol–water partition coefficient (Wildman–Crippen LogP) is 3.59. The molecule has 0 saturated carbocycles. The number of aliphatic hydroxyl groups excluding tert-OH is 1. The standard InChI is InChI=1S/C25H26N4O6/c1-14(2)21(30)19-20(18-6-5-11-26-24(18)34-13-12-33-4)29(25(32)22(19)31)17-9-7-16(8-10-17)23-27-15(3)28-35-23/h5-11,14,20,31H,12-13H2,1-4H3. The summed E-state index contributed by atoms with van der Waals surface area (Å²) in [6, 6.07) is 9.32. The van der Waals surface area contributed by atoms with Gasteiger partial charge in [-0.15, -0.1) is 0 Å². The number of amides is 1. The summed E-state index contributed by atoms with van der Waals surface area (Å²) in [4.78, 5) is 36.4. The number of aromatic nitrogens is 3. The van der Waals surface area contributed by atoms with Gasteiger partial charge in [-0.05, 0) is 43.3 Å². The molecule has 0 aliphatic carbocycles. The molecule has 35 heavy (non-hydrogen) atoms. The summed E-state index contributed by atoms with van der Waals surface area (Å²) in [6.45, 7) is 5.71. The summed E-state index contributed by atoms with van der Waals surface area (Å²) >= 11 is 0. The summed E-state index contributed by atoms with van der Waals surface area (Å²) in [5.74, 6) is -0.968. The number of ketones is 1. The van der Waals surface area contributed by atoms with Crippen LogP contribution in [0.25, 0.3) is 11.5 Å². The van der Waals surface area contributed by atoms with E-state index in [0.29, 0.717) is 35.1 Å². The Balaban J connectivity index is 1.79. The Morgan fingerprint density at radius 2 is 1.94 bits per heavy atom. The zero-order valence-corrected chi connectivity index (χ0v) is 19.9. The molecule has 0 spiro atoms. The lowest BCUT2D eigenvalue weighted by Gasteiger charge is -2.28. The Hall–Kier alpha value is -4.05. The quantitative estimate of drug-likeness (QED) is 0.459. The highest BCUT2D eigenvalue weighted by Gasteiger charge is 2.46. The maximum Gasteiger partial charge on any atom is 0.294 e. The Morgan fingerprint density at radius 3 is 2.57 bits per heavy atom. The zero-order valence-electron chi connectivity index (χ0n) is 19.9. The second kappa shape index (κ2) is 10.1. The molecule has 1 unspecified atom stereocenters. The van der Waals surface area contributed by atoms with Gasteiger partial charge in [0, 0.05) is 36.0 Å². The molecule has 1 aliphatic rings. The number of rotatable bonds is 9. The van der Waals surface area contributed by atoms with E-state index in [4.69, 9.17) is 14.0 Å². The third kappa shape index (κ3) is 4.65. The molecule has 2 aromatic heterocycles. The van der Waals surface area contributed by atoms with Crippen LogP contribution in [0.15, 0.2) is 58.5 Å². The van der Waals surface area contributed by atoms with E-state index in [1.807, 2.05) is 0 Å². The van der Waals surface area contributed by atoms with Gasteiger partial charge < -0.3 is 19.1 Å². The van der Waals surface area contributed by atoms with Gasteiger partial charge in [-0.2, -0.15) is 4.98 Å². The van der Waals surface area contributed by atoms with Crippen molar-refractivity contribution in [2.24, 2.45) is 5.92 Å². The molecule has 182 valence electrons. The molecule has 0 saturated heterocycles. The van der Waals surface area contributed by atoms with Gasteiger partial charge in [-0.3, -0.25) is 14.5 Å². The van der Waals surface area contributed by atoms with Crippen molar-refractivity contribution in [3.05, 3.63) is 65.3 Å². The van der Waals surface area contributed by atoms with E-state index in [1.165, 1.54) is 4.90 Å². The van der Waals surface area contributed by atoms with Crippen molar-refractivity contribution in [2.75, 3.05) is 25.2 Å². The number of benzene rings is 1. The number of methoxy groups -OCH3 is 1. The first-order valence-electron chi connectivity index (χ1n) is 11.1. The number of hydrogen-bond donors (Lipinski definition) is 1. The van der Waals surface area contributed by atoms with Crippen LogP contribution in [0.1, 0.15) is 31.3 Å². The molecule has 10 nitrogen and oxygen atoms in total. The number of hydrogen-bond acceptors (Lipinski definition) is 9. The molecular formula is C25H26N4O6. The first-order chi connectivity index (χ1) is 16.8. The van der Waals surface area contributed by atoms with E-state index in [1.54, 1.807) is 70.5 Å². The molecule has 1 atom stereocenters. The summed E-state index contributed by atoms with van der Waals surface area (Å²) in [5, 5.41) is 14.6. The maximum absolute atomic E-state index is 13.3. The number of Topliss-reactive ketones (excluding diaryl/α,β-unsaturated/α-hetero) is 1. The Labute approximate surface area is 202 Å². The Morgan fingerprint density at radius 1 is 1.20 bits per heavy atom. The number of carbonyl (C=O) groups excluding carboxylic acids is 2. The molecule has 1 N–H and O–H groups in total. The molecule has 4 rings (SSSR count). The first kappa shape index (κ1) is 24.1. The largest absolute Gasteiger partial charge is 0.503 e. The van der Waals surface area contributed by atoms with Crippen LogP contribution in [0.3, 0.4) is 0 Å². The lowest BCUT2D eigenvalue weighted by Crippen LogP contribution is -2.32. The van der Waals surface area contributed by atoms with Crippen molar-refractivity contribution >= 4 is 17.4 Å². The molecule has 1 amide bonds. The maximum atomic E-state index is 13.3. The Kier molecular flexibility index (Phi) is 6.92. The average molecular weight is 479 g/mol. The predicted molar refractivity (Wildman–Crippen MR) is 126 cm³/mol. The number of pyridine rings is 1. The third-order valence-corrected chi connectivity index (χ3v) is 5.54. The topological polar surface area (TPSA) is 128 Å². The number of nitrogens with zero attached hydrogens (tertiary/aromatic N) is 4. The molecule has 0 radical (unpaired) electrons. The monoisotopic (exact) mass is 478 g/mol. The number of aryl methyl sites for hydroxylation is 1. The third-order valence-electron chi connectivity index (χ3n) is 5.54. The minimum absolute atomic E-state index is 0.00574. The van der Waals surface area contributed by atoms with Crippen LogP contribution in [0.5, 0.6) is 5.88 Å². The minimum Gasteiger partial charge on any atom is -0.503 e. The minimum atomic E-state index is -0.930. The number of anilines is 1. The molecule has 1 aliphatic heterocycles. The SMILES string of the molecule is COCCOc1ncccc1C1C(C(=O)C(C)C)=C(O)C(=O)N1c1ccc(-c2nc(C)no2)cc1. The van der Waals surface area contributed by atoms with Crippen molar-refractivity contribution in [3.8, 4) is 17.3 Å². The molecule has 0 bridgehead atoms. The van der Waals surface area contributed by atoms with Crippen LogP contribution < -0.4 is 9.64 Å². The van der Waals surface area contributed by atoms with Crippen LogP contribution >= 0.6 is 0 Å². The number of carbonyl (C=O) groups is 2. The number of aliphatic hydroxyl groups is 1. The molecule has 3 heterocycles. The summed E-state index contributed by atoms with van der Waals surface area (Å²) in [7, 11) is 1.56. The average Bonchev–Trinajstić information content (AvgIpc) is 3.40. The number of ether oxygens (including phenoxy) is 2. The van der Waals surface area contributed by atoms with E-state index < -0.39 is 23.6 Å². The van der Waals surface area contributed by atoms with Gasteiger partial charge >= 0.3 is 0 Å². The first-order valence-corrected chi connectivity index (χ1v) is 11.1. The van der Waals surface area contributed by atoms with E-state index in [-0.39, 0.29) is 23.8 Å². The lowest BCUT2D eigenvalue weighted by atomic mass is 9.91. The van der Waals surface area contributed by atoms with Crippen molar-refractivity contribution < 1.29 is 28.7 Å². The fraction of sp³-hybridized carbons (Fsp3) is 0.320. The van der Waals surface area contributed by atoms with Crippen molar-refractivity contribution in [2.45, 2.75) is 26.8 Å². The van der Waals surface area contributed by atoms with Gasteiger partial charge in [0.2, 0.25) is 5.88 Å². The summed E-state index contributed by atoms with van der Waals surface area (Å²) in [6.07, 6.45) is 1.56. The molecule has 0 fully saturated rings. The molecule has 1 aromatic carbocycles. The van der Waals surface area contributed by atoms with Crippen molar-refractivity contribution in [1.29, 1.82) is 0 Å². The second-order valence-electron chi connectivity index (χ2n) is 8.29. The highest BCUT2D eigenvalue weighted by Crippen LogP contribution is 2.44. The van der Waals surface area contributed by atoms with Crippen LogP contribution in [-0.4, -0.2) is 52.2 Å². The van der Waals surface area contributed by atoms with Gasteiger partial charge in [-0.1, -0.05) is 19.0 Å². The molecule has 10 heteroatoms. The van der Waals surface area contributed by atoms with Gasteiger partial charge in [0.25, 0.3) is 11.8 Å². The van der Waals surface area contributed by atoms with E-state index in [9.17, 15) is 14.7 Å². The van der Waals surface area contributed by atoms with E-state index in [2.05, 4.69) is 15.1 Å². The fourth-order valence-corrected chi connectivity index (χ4v) is 3.86. The lowest BCUT2D eigenvalue weighted by molar-refractivity contribution is -0.119. The van der Waals surface area contributed by atoms with Crippen LogP contribution in [-0.2, 0) is 14.3 Å². The second-order valence-corrected chi connectivity index (χ2v) is 8.29. The van der Waals surface area contributed by atoms with Crippen LogP contribution in [0, 0.1) is 12.8 Å². The van der Waals surface area contributed by atoms with E-state index in [0.717, 1.165) is 0 Å². The van der Waals surface area contributed by atoms with Crippen molar-refractivity contribution in [1.82, 2.24) is 15.1 Å². The Bertz CT molecular complexity index is 1260. The van der Waals surface area contributed by atoms with Crippen LogP contribution in [0.2, 0.25) is 0 Å². The highest BCUT2D eigenvalue weighted by molar-refractivity contribution is 6.17. The van der Waals surface area contributed by atoms with Crippen molar-refractivity contribution in [3.63, 3.8) is 0 Å². The van der Waals surface area contributed by atoms with Gasteiger partial charge in [0.15, 0.2) is 17.4 Å². The smallest absolute Gasteiger partial charge is 0.294 e. The van der Waals surface area contributed by atoms with Gasteiger partial charge in [0.05, 0.1) is 12.2 Å².